The van der Waals surface area contributed by atoms with E-state index in [1.165, 1.54) is 0 Å². The summed E-state index contributed by atoms with van der Waals surface area (Å²) >= 11 is 0. The number of halogens is 3. The number of aromatic nitrogens is 4. The van der Waals surface area contributed by atoms with Gasteiger partial charge in [-0.1, -0.05) is 0 Å². The number of imidazole rings is 1. The monoisotopic (exact) mass is 403 g/mol. The zero-order valence-corrected chi connectivity index (χ0v) is 14.5. The Balaban J connectivity index is 1.80. The van der Waals surface area contributed by atoms with Gasteiger partial charge >= 0.3 is 6.43 Å². The van der Waals surface area contributed by atoms with E-state index in [9.17, 15) is 21.6 Å². The lowest BCUT2D eigenvalue weighted by Gasteiger charge is -2.38. The van der Waals surface area contributed by atoms with Crippen LogP contribution in [0.5, 0.6) is 0 Å². The topological polar surface area (TPSA) is 112 Å². The van der Waals surface area contributed by atoms with Crippen LogP contribution in [0.25, 0.3) is 17.2 Å². The first-order valence-electron chi connectivity index (χ1n) is 7.59. The Morgan fingerprint density at radius 1 is 1.33 bits per heavy atom. The van der Waals surface area contributed by atoms with E-state index in [1.807, 2.05) is 0 Å². The summed E-state index contributed by atoms with van der Waals surface area (Å²) in [5.74, 6) is -2.36. The van der Waals surface area contributed by atoms with Crippen LogP contribution in [0, 0.1) is 5.82 Å². The van der Waals surface area contributed by atoms with E-state index in [0.717, 1.165) is 22.9 Å². The van der Waals surface area contributed by atoms with E-state index in [1.54, 1.807) is 6.92 Å². The summed E-state index contributed by atoms with van der Waals surface area (Å²) in [6.45, 7) is 2.02. The zero-order chi connectivity index (χ0) is 19.4. The van der Waals surface area contributed by atoms with Gasteiger partial charge in [0.2, 0.25) is 15.8 Å². The van der Waals surface area contributed by atoms with Crippen LogP contribution in [0.3, 0.4) is 0 Å². The third kappa shape index (κ3) is 3.07. The van der Waals surface area contributed by atoms with Crippen molar-refractivity contribution in [3.05, 3.63) is 30.2 Å². The number of sulfonamides is 1. The molecule has 0 aliphatic carbocycles. The molecule has 9 nitrogen and oxygen atoms in total. The van der Waals surface area contributed by atoms with Crippen molar-refractivity contribution in [3.8, 4) is 11.7 Å². The lowest BCUT2D eigenvalue weighted by atomic mass is 10.0. The smallest absolute Gasteiger partial charge is 0.314 e. The maximum absolute atomic E-state index is 14.4. The maximum Gasteiger partial charge on any atom is 0.314 e. The molecule has 4 heterocycles. The van der Waals surface area contributed by atoms with Crippen LogP contribution in [0.1, 0.15) is 19.2 Å². The van der Waals surface area contributed by atoms with Crippen molar-refractivity contribution in [2.24, 2.45) is 0 Å². The van der Waals surface area contributed by atoms with Gasteiger partial charge in [0.1, 0.15) is 16.2 Å². The molecule has 0 radical (unpaired) electrons. The summed E-state index contributed by atoms with van der Waals surface area (Å²) in [6.07, 6.45) is -0.792. The Morgan fingerprint density at radius 3 is 2.67 bits per heavy atom. The van der Waals surface area contributed by atoms with Crippen LogP contribution >= 0.6 is 0 Å². The highest BCUT2D eigenvalue weighted by Crippen LogP contribution is 2.26. The van der Waals surface area contributed by atoms with Gasteiger partial charge in [0.15, 0.2) is 0 Å². The van der Waals surface area contributed by atoms with E-state index in [2.05, 4.69) is 19.9 Å². The predicted molar refractivity (Wildman–Crippen MR) is 82.9 cm³/mol. The van der Waals surface area contributed by atoms with E-state index >= 15 is 0 Å². The maximum atomic E-state index is 14.4. The summed E-state index contributed by atoms with van der Waals surface area (Å²) in [6, 6.07) is 0.838. The first kappa shape index (κ1) is 17.9. The molecule has 0 aromatic carbocycles. The molecule has 4 rings (SSSR count). The lowest BCUT2D eigenvalue weighted by Crippen LogP contribution is -2.59. The van der Waals surface area contributed by atoms with Gasteiger partial charge in [-0.3, -0.25) is 4.40 Å². The van der Waals surface area contributed by atoms with Crippen molar-refractivity contribution in [2.45, 2.75) is 23.8 Å². The Morgan fingerprint density at radius 2 is 2.07 bits per heavy atom. The molecule has 0 bridgehead atoms. The minimum atomic E-state index is -4.08. The highest BCUT2D eigenvalue weighted by molar-refractivity contribution is 7.89. The van der Waals surface area contributed by atoms with Crippen LogP contribution < -0.4 is 4.72 Å². The first-order chi connectivity index (χ1) is 12.7. The highest BCUT2D eigenvalue weighted by Gasteiger charge is 2.38. The minimum Gasteiger partial charge on any atom is -0.412 e. The van der Waals surface area contributed by atoms with Crippen molar-refractivity contribution >= 4 is 15.5 Å². The molecule has 0 amide bonds. The number of hydrogen-bond donors (Lipinski definition) is 1. The van der Waals surface area contributed by atoms with Crippen LogP contribution in [0.15, 0.2) is 27.8 Å². The van der Waals surface area contributed by atoms with Crippen LogP contribution in [0.4, 0.5) is 13.2 Å². The Labute approximate surface area is 150 Å². The number of alkyl halides is 2. The average Bonchev–Trinajstić information content (AvgIpc) is 3.19. The molecule has 1 aliphatic heterocycles. The molecule has 144 valence electrons. The number of ether oxygens (including phenoxy) is 1. The highest BCUT2D eigenvalue weighted by atomic mass is 32.2. The van der Waals surface area contributed by atoms with Gasteiger partial charge in [-0.25, -0.2) is 22.5 Å². The van der Waals surface area contributed by atoms with Crippen LogP contribution in [-0.2, 0) is 14.8 Å². The number of nitrogens with zero attached hydrogens (tertiary/aromatic N) is 4. The Hall–Kier alpha value is -2.51. The molecular formula is C14H12F3N5O4S. The molecule has 13 heteroatoms. The van der Waals surface area contributed by atoms with Gasteiger partial charge < -0.3 is 9.15 Å². The van der Waals surface area contributed by atoms with Gasteiger partial charge in [-0.15, -0.1) is 10.2 Å². The summed E-state index contributed by atoms with van der Waals surface area (Å²) in [4.78, 5) is 3.49. The Bertz CT molecular complexity index is 1120. The van der Waals surface area contributed by atoms with Crippen molar-refractivity contribution < 1.29 is 30.7 Å². The number of nitrogens with one attached hydrogen (secondary N) is 1. The fraction of sp³-hybridized carbons (Fsp3) is 0.357. The number of fused-ring (bicyclic) bond motifs is 1. The second-order valence-electron chi connectivity index (χ2n) is 6.27. The summed E-state index contributed by atoms with van der Waals surface area (Å²) in [5.41, 5.74) is -0.875. The van der Waals surface area contributed by atoms with Gasteiger partial charge in [-0.05, 0) is 13.0 Å². The fourth-order valence-corrected chi connectivity index (χ4v) is 3.99. The van der Waals surface area contributed by atoms with Crippen LogP contribution in [-0.4, -0.2) is 46.8 Å². The quantitative estimate of drug-likeness (QED) is 0.688. The third-order valence-corrected chi connectivity index (χ3v) is 5.52. The van der Waals surface area contributed by atoms with Gasteiger partial charge in [-0.2, -0.15) is 8.78 Å². The van der Waals surface area contributed by atoms with Gasteiger partial charge in [0.05, 0.1) is 24.9 Å². The number of pyridine rings is 1. The SMILES string of the molecule is CC1(NS(=O)(=O)c2cc(F)c3cnc(-c4nnc(C(F)F)o4)n3c2)COC1. The summed E-state index contributed by atoms with van der Waals surface area (Å²) in [7, 11) is -4.08. The minimum absolute atomic E-state index is 0.0843. The summed E-state index contributed by atoms with van der Waals surface area (Å²) < 4.78 is 78.1. The van der Waals surface area contributed by atoms with Gasteiger partial charge in [0.25, 0.3) is 11.8 Å². The molecule has 0 atom stereocenters. The van der Waals surface area contributed by atoms with E-state index in [0.29, 0.717) is 0 Å². The van der Waals surface area contributed by atoms with E-state index in [4.69, 9.17) is 9.15 Å². The predicted octanol–water partition coefficient (Wildman–Crippen LogP) is 1.53. The second-order valence-corrected chi connectivity index (χ2v) is 7.95. The number of hydrogen-bond acceptors (Lipinski definition) is 7. The molecule has 0 unspecified atom stereocenters. The first-order valence-corrected chi connectivity index (χ1v) is 9.07. The largest absolute Gasteiger partial charge is 0.412 e. The summed E-state index contributed by atoms with van der Waals surface area (Å²) in [5, 5.41) is 6.63. The molecule has 1 N–H and O–H groups in total. The number of rotatable bonds is 5. The van der Waals surface area contributed by atoms with E-state index in [-0.39, 0.29) is 29.5 Å². The Kier molecular flexibility index (Phi) is 3.98. The fourth-order valence-electron chi connectivity index (χ4n) is 2.60. The molecule has 1 saturated heterocycles. The van der Waals surface area contributed by atoms with Gasteiger partial charge in [0, 0.05) is 6.20 Å². The van der Waals surface area contributed by atoms with Crippen molar-refractivity contribution in [1.29, 1.82) is 0 Å². The molecular weight excluding hydrogens is 391 g/mol. The molecule has 0 spiro atoms. The lowest BCUT2D eigenvalue weighted by molar-refractivity contribution is -0.0523. The molecule has 0 saturated carbocycles. The standard InChI is InChI=1S/C14H12F3N5O4S/c1-14(5-25-6-14)21-27(23,24)7-2-8(15)9-3-18-11(22(9)4-7)13-20-19-12(26-13)10(16)17/h2-4,10,21H,5-6H2,1H3. The molecule has 27 heavy (non-hydrogen) atoms. The average molecular weight is 403 g/mol. The van der Waals surface area contributed by atoms with Crippen molar-refractivity contribution in [2.75, 3.05) is 13.2 Å². The van der Waals surface area contributed by atoms with Crippen LogP contribution in [0.2, 0.25) is 0 Å². The van der Waals surface area contributed by atoms with E-state index < -0.39 is 39.6 Å². The molecule has 3 aromatic heterocycles. The second kappa shape index (κ2) is 6.00. The normalized spacial score (nSPS) is 16.8. The zero-order valence-electron chi connectivity index (χ0n) is 13.7. The third-order valence-electron chi connectivity index (χ3n) is 3.92. The van der Waals surface area contributed by atoms with Crippen molar-refractivity contribution in [1.82, 2.24) is 24.3 Å². The molecule has 1 fully saturated rings. The molecule has 1 aliphatic rings. The van der Waals surface area contributed by atoms with Crippen molar-refractivity contribution in [3.63, 3.8) is 0 Å². The molecule has 3 aromatic rings.